The zero-order chi connectivity index (χ0) is 13.6. The van der Waals surface area contributed by atoms with Crippen molar-refractivity contribution in [3.8, 4) is 11.5 Å². The minimum absolute atomic E-state index is 0.499. The quantitative estimate of drug-likeness (QED) is 0.649. The largest absolute Gasteiger partial charge is 0.436 e. The van der Waals surface area contributed by atoms with Crippen LogP contribution in [0.2, 0.25) is 5.02 Å². The van der Waals surface area contributed by atoms with Gasteiger partial charge >= 0.3 is 0 Å². The van der Waals surface area contributed by atoms with Crippen LogP contribution in [0.3, 0.4) is 0 Å². The molecule has 1 aromatic heterocycles. The molecule has 96 valence electrons. The summed E-state index contributed by atoms with van der Waals surface area (Å²) in [6.45, 7) is 1.94. The van der Waals surface area contributed by atoms with Gasteiger partial charge in [-0.25, -0.2) is 4.98 Å². The molecule has 5 heteroatoms. The van der Waals surface area contributed by atoms with Crippen molar-refractivity contribution in [2.75, 3.05) is 5.73 Å². The Morgan fingerprint density at radius 2 is 2.11 bits per heavy atom. The van der Waals surface area contributed by atoms with Crippen molar-refractivity contribution in [2.45, 2.75) is 6.92 Å². The van der Waals surface area contributed by atoms with Gasteiger partial charge < -0.3 is 10.2 Å². The van der Waals surface area contributed by atoms with Gasteiger partial charge in [0.1, 0.15) is 5.52 Å². The Balaban J connectivity index is 2.26. The number of para-hydroxylation sites is 1. The Kier molecular flexibility index (Phi) is 2.99. The minimum atomic E-state index is 0.499. The molecule has 0 radical (unpaired) electrons. The highest BCUT2D eigenvalue weighted by molar-refractivity contribution is 9.10. The molecule has 0 fully saturated rings. The predicted molar refractivity (Wildman–Crippen MR) is 81.3 cm³/mol. The number of anilines is 1. The van der Waals surface area contributed by atoms with Gasteiger partial charge in [0.15, 0.2) is 5.58 Å². The summed E-state index contributed by atoms with van der Waals surface area (Å²) in [5, 5.41) is 0.645. The monoisotopic (exact) mass is 336 g/mol. The molecule has 3 rings (SSSR count). The fourth-order valence-electron chi connectivity index (χ4n) is 2.00. The lowest BCUT2D eigenvalue weighted by molar-refractivity contribution is 0.617. The second-order valence-corrected chi connectivity index (χ2v) is 5.58. The smallest absolute Gasteiger partial charge is 0.229 e. The molecule has 3 nitrogen and oxygen atoms in total. The highest BCUT2D eigenvalue weighted by atomic mass is 79.9. The normalized spacial score (nSPS) is 11.1. The van der Waals surface area contributed by atoms with E-state index in [1.165, 1.54) is 0 Å². The molecule has 0 bridgehead atoms. The first kappa shape index (κ1) is 12.5. The van der Waals surface area contributed by atoms with Gasteiger partial charge in [0, 0.05) is 9.50 Å². The molecule has 1 heterocycles. The number of benzene rings is 2. The Hall–Kier alpha value is -1.52. The maximum absolute atomic E-state index is 6.03. The maximum Gasteiger partial charge on any atom is 0.229 e. The standard InChI is InChI=1S/C14H10BrClN2O/c1-7-5-8(16)6-11-13(7)19-14(18-11)9-3-2-4-10(15)12(9)17/h2-6H,17H2,1H3. The summed E-state index contributed by atoms with van der Waals surface area (Å²) in [7, 11) is 0. The lowest BCUT2D eigenvalue weighted by Crippen LogP contribution is -1.91. The predicted octanol–water partition coefficient (Wildman–Crippen LogP) is 4.80. The van der Waals surface area contributed by atoms with Crippen LogP contribution >= 0.6 is 27.5 Å². The number of hydrogen-bond acceptors (Lipinski definition) is 3. The number of oxazole rings is 1. The molecular weight excluding hydrogens is 328 g/mol. The number of nitrogen functional groups attached to an aromatic ring is 1. The number of aryl methyl sites for hydroxylation is 1. The summed E-state index contributed by atoms with van der Waals surface area (Å²) in [4.78, 5) is 4.45. The topological polar surface area (TPSA) is 52.0 Å². The van der Waals surface area contributed by atoms with Crippen molar-refractivity contribution in [3.05, 3.63) is 45.4 Å². The van der Waals surface area contributed by atoms with Crippen molar-refractivity contribution >= 4 is 44.3 Å². The molecule has 0 saturated heterocycles. The van der Waals surface area contributed by atoms with Gasteiger partial charge in [-0.05, 0) is 52.7 Å². The van der Waals surface area contributed by atoms with E-state index in [1.54, 1.807) is 6.07 Å². The molecule has 2 N–H and O–H groups in total. The van der Waals surface area contributed by atoms with Crippen molar-refractivity contribution in [3.63, 3.8) is 0 Å². The Morgan fingerprint density at radius 1 is 1.32 bits per heavy atom. The van der Waals surface area contributed by atoms with Crippen LogP contribution in [0.25, 0.3) is 22.6 Å². The first-order valence-corrected chi connectivity index (χ1v) is 6.84. The van der Waals surface area contributed by atoms with Gasteiger partial charge in [0.2, 0.25) is 5.89 Å². The van der Waals surface area contributed by atoms with E-state index in [0.29, 0.717) is 16.6 Å². The average Bonchev–Trinajstić information content (AvgIpc) is 2.76. The fourth-order valence-corrected chi connectivity index (χ4v) is 2.63. The average molecular weight is 338 g/mol. The molecule has 19 heavy (non-hydrogen) atoms. The zero-order valence-corrected chi connectivity index (χ0v) is 12.4. The van der Waals surface area contributed by atoms with Crippen LogP contribution in [0.4, 0.5) is 5.69 Å². The van der Waals surface area contributed by atoms with Gasteiger partial charge in [0.05, 0.1) is 11.3 Å². The van der Waals surface area contributed by atoms with Crippen LogP contribution in [-0.2, 0) is 0 Å². The lowest BCUT2D eigenvalue weighted by Gasteiger charge is -2.02. The van der Waals surface area contributed by atoms with E-state index in [0.717, 1.165) is 26.7 Å². The lowest BCUT2D eigenvalue weighted by atomic mass is 10.2. The first-order chi connectivity index (χ1) is 9.06. The van der Waals surface area contributed by atoms with Crippen LogP contribution in [0.1, 0.15) is 5.56 Å². The molecule has 0 unspecified atom stereocenters. The molecule has 0 saturated carbocycles. The Morgan fingerprint density at radius 3 is 2.89 bits per heavy atom. The number of rotatable bonds is 1. The van der Waals surface area contributed by atoms with Crippen LogP contribution in [0.5, 0.6) is 0 Å². The molecule has 0 aliphatic rings. The second kappa shape index (κ2) is 4.54. The number of hydrogen-bond donors (Lipinski definition) is 1. The molecule has 0 spiro atoms. The van der Waals surface area contributed by atoms with Crippen molar-refractivity contribution in [1.29, 1.82) is 0 Å². The van der Waals surface area contributed by atoms with Crippen LogP contribution in [-0.4, -0.2) is 4.98 Å². The number of fused-ring (bicyclic) bond motifs is 1. The summed E-state index contributed by atoms with van der Waals surface area (Å²) in [5.74, 6) is 0.499. The maximum atomic E-state index is 6.03. The van der Waals surface area contributed by atoms with E-state index in [4.69, 9.17) is 21.8 Å². The summed E-state index contributed by atoms with van der Waals surface area (Å²) >= 11 is 9.42. The summed E-state index contributed by atoms with van der Waals surface area (Å²) in [6.07, 6.45) is 0. The summed E-state index contributed by atoms with van der Waals surface area (Å²) in [5.41, 5.74) is 9.83. The third kappa shape index (κ3) is 2.11. The van der Waals surface area contributed by atoms with E-state index in [2.05, 4.69) is 20.9 Å². The third-order valence-corrected chi connectivity index (χ3v) is 3.83. The number of nitrogens with zero attached hydrogens (tertiary/aromatic N) is 1. The van der Waals surface area contributed by atoms with Crippen LogP contribution < -0.4 is 5.73 Å². The van der Waals surface area contributed by atoms with Gasteiger partial charge in [-0.3, -0.25) is 0 Å². The van der Waals surface area contributed by atoms with Gasteiger partial charge in [0.25, 0.3) is 0 Å². The molecule has 0 amide bonds. The van der Waals surface area contributed by atoms with E-state index in [1.807, 2.05) is 31.2 Å². The molecule has 0 aliphatic heterocycles. The SMILES string of the molecule is Cc1cc(Cl)cc2nc(-c3cccc(Br)c3N)oc12. The fraction of sp³-hybridized carbons (Fsp3) is 0.0714. The van der Waals surface area contributed by atoms with E-state index in [-0.39, 0.29) is 0 Å². The molecule has 0 atom stereocenters. The number of nitrogens with two attached hydrogens (primary N) is 1. The number of aromatic nitrogens is 1. The van der Waals surface area contributed by atoms with Gasteiger partial charge in [-0.2, -0.15) is 0 Å². The van der Waals surface area contributed by atoms with E-state index >= 15 is 0 Å². The van der Waals surface area contributed by atoms with Crippen molar-refractivity contribution < 1.29 is 4.42 Å². The van der Waals surface area contributed by atoms with Crippen LogP contribution in [0, 0.1) is 6.92 Å². The highest BCUT2D eigenvalue weighted by Crippen LogP contribution is 2.34. The van der Waals surface area contributed by atoms with E-state index in [9.17, 15) is 0 Å². The van der Waals surface area contributed by atoms with Gasteiger partial charge in [-0.1, -0.05) is 17.7 Å². The van der Waals surface area contributed by atoms with Crippen molar-refractivity contribution in [1.82, 2.24) is 4.98 Å². The summed E-state index contributed by atoms with van der Waals surface area (Å²) < 4.78 is 6.63. The molecule has 0 aliphatic carbocycles. The molecule has 2 aromatic carbocycles. The molecule has 3 aromatic rings. The minimum Gasteiger partial charge on any atom is -0.436 e. The number of halogens is 2. The second-order valence-electron chi connectivity index (χ2n) is 4.29. The zero-order valence-electron chi connectivity index (χ0n) is 10.1. The summed E-state index contributed by atoms with van der Waals surface area (Å²) in [6, 6.07) is 9.28. The first-order valence-electron chi connectivity index (χ1n) is 5.67. The van der Waals surface area contributed by atoms with Crippen molar-refractivity contribution in [2.24, 2.45) is 0 Å². The Labute approximate surface area is 123 Å². The van der Waals surface area contributed by atoms with Gasteiger partial charge in [-0.15, -0.1) is 0 Å². The highest BCUT2D eigenvalue weighted by Gasteiger charge is 2.14. The third-order valence-electron chi connectivity index (χ3n) is 2.92. The molecular formula is C14H10BrClN2O. The Bertz CT molecular complexity index is 782. The van der Waals surface area contributed by atoms with E-state index < -0.39 is 0 Å². The van der Waals surface area contributed by atoms with Crippen LogP contribution in [0.15, 0.2) is 39.2 Å².